The SMILES string of the molecule is O=C(NC1CCC(n2nc(-c3ccncc3)ccc2=O)CC1)c1ccc2cc[nH]c2c1. The van der Waals surface area contributed by atoms with E-state index in [-0.39, 0.29) is 23.6 Å². The summed E-state index contributed by atoms with van der Waals surface area (Å²) in [6.45, 7) is 0. The first-order chi connectivity index (χ1) is 15.2. The number of nitrogens with one attached hydrogen (secondary N) is 2. The second kappa shape index (κ2) is 8.18. The van der Waals surface area contributed by atoms with Crippen molar-refractivity contribution < 1.29 is 4.79 Å². The van der Waals surface area contributed by atoms with Gasteiger partial charge in [0, 0.05) is 47.3 Å². The van der Waals surface area contributed by atoms with Gasteiger partial charge < -0.3 is 10.3 Å². The van der Waals surface area contributed by atoms with Gasteiger partial charge in [0.1, 0.15) is 0 Å². The van der Waals surface area contributed by atoms with Crippen molar-refractivity contribution in [1.82, 2.24) is 25.1 Å². The summed E-state index contributed by atoms with van der Waals surface area (Å²) in [5, 5.41) is 8.84. The van der Waals surface area contributed by atoms with Crippen LogP contribution in [-0.2, 0) is 0 Å². The minimum absolute atomic E-state index is 0.0395. The summed E-state index contributed by atoms with van der Waals surface area (Å²) >= 11 is 0. The lowest BCUT2D eigenvalue weighted by atomic mass is 9.91. The van der Waals surface area contributed by atoms with Crippen molar-refractivity contribution in [3.63, 3.8) is 0 Å². The maximum atomic E-state index is 12.7. The highest BCUT2D eigenvalue weighted by atomic mass is 16.1. The summed E-state index contributed by atoms with van der Waals surface area (Å²) in [6, 6.07) is 14.9. The van der Waals surface area contributed by atoms with Crippen LogP contribution >= 0.6 is 0 Å². The van der Waals surface area contributed by atoms with Crippen LogP contribution in [0.5, 0.6) is 0 Å². The Bertz CT molecular complexity index is 1270. The molecule has 4 aromatic rings. The first kappa shape index (κ1) is 19.2. The van der Waals surface area contributed by atoms with Crippen LogP contribution in [-0.4, -0.2) is 31.7 Å². The molecule has 7 heteroatoms. The molecule has 3 heterocycles. The summed E-state index contributed by atoms with van der Waals surface area (Å²) in [6.07, 6.45) is 8.53. The van der Waals surface area contributed by atoms with Gasteiger partial charge in [0.2, 0.25) is 0 Å². The van der Waals surface area contributed by atoms with Crippen LogP contribution in [0.4, 0.5) is 0 Å². The second-order valence-corrected chi connectivity index (χ2v) is 8.00. The molecule has 0 radical (unpaired) electrons. The molecule has 1 fully saturated rings. The van der Waals surface area contributed by atoms with Gasteiger partial charge in [0.25, 0.3) is 11.5 Å². The third-order valence-corrected chi connectivity index (χ3v) is 6.00. The standard InChI is InChI=1S/C24H23N5O2/c30-23-8-7-21(17-9-12-25-13-10-17)28-29(23)20-5-3-19(4-6-20)27-24(31)18-2-1-16-11-14-26-22(16)15-18/h1-2,7-15,19-20,26H,3-6H2,(H,27,31). The van der Waals surface area contributed by atoms with E-state index in [0.717, 1.165) is 47.8 Å². The Balaban J connectivity index is 1.25. The van der Waals surface area contributed by atoms with Crippen molar-refractivity contribution in [1.29, 1.82) is 0 Å². The van der Waals surface area contributed by atoms with Crippen molar-refractivity contribution in [2.75, 3.05) is 0 Å². The molecular formula is C24H23N5O2. The van der Waals surface area contributed by atoms with E-state index in [1.54, 1.807) is 29.2 Å². The molecule has 1 aromatic carbocycles. The number of aromatic amines is 1. The van der Waals surface area contributed by atoms with E-state index < -0.39 is 0 Å². The van der Waals surface area contributed by atoms with Crippen LogP contribution in [0.1, 0.15) is 42.1 Å². The molecule has 7 nitrogen and oxygen atoms in total. The summed E-state index contributed by atoms with van der Waals surface area (Å²) in [5.41, 5.74) is 3.21. The molecule has 0 atom stereocenters. The average Bonchev–Trinajstić information content (AvgIpc) is 3.28. The molecule has 1 aliphatic rings. The largest absolute Gasteiger partial charge is 0.361 e. The van der Waals surface area contributed by atoms with Crippen LogP contribution < -0.4 is 10.9 Å². The summed E-state index contributed by atoms with van der Waals surface area (Å²) in [5.74, 6) is -0.0603. The molecule has 2 N–H and O–H groups in total. The third kappa shape index (κ3) is 3.99. The fraction of sp³-hybridized carbons (Fsp3) is 0.250. The van der Waals surface area contributed by atoms with Crippen molar-refractivity contribution in [2.24, 2.45) is 0 Å². The topological polar surface area (TPSA) is 92.7 Å². The molecule has 0 unspecified atom stereocenters. The van der Waals surface area contributed by atoms with Gasteiger partial charge in [0.15, 0.2) is 0 Å². The van der Waals surface area contributed by atoms with Crippen LogP contribution in [0.2, 0.25) is 0 Å². The zero-order valence-corrected chi connectivity index (χ0v) is 17.0. The minimum Gasteiger partial charge on any atom is -0.361 e. The number of nitrogens with zero attached hydrogens (tertiary/aromatic N) is 3. The Hall–Kier alpha value is -3.74. The highest BCUT2D eigenvalue weighted by Gasteiger charge is 2.25. The maximum Gasteiger partial charge on any atom is 0.267 e. The van der Waals surface area contributed by atoms with Gasteiger partial charge in [-0.05, 0) is 67.5 Å². The Kier molecular flexibility index (Phi) is 5.08. The van der Waals surface area contributed by atoms with Gasteiger partial charge in [-0.25, -0.2) is 4.68 Å². The lowest BCUT2D eigenvalue weighted by Gasteiger charge is -2.29. The molecule has 31 heavy (non-hydrogen) atoms. The Morgan fingerprint density at radius 2 is 1.81 bits per heavy atom. The Labute approximate surface area is 179 Å². The number of amides is 1. The number of aromatic nitrogens is 4. The number of fused-ring (bicyclic) bond motifs is 1. The molecule has 1 aliphatic carbocycles. The van der Waals surface area contributed by atoms with Gasteiger partial charge in [-0.2, -0.15) is 5.10 Å². The van der Waals surface area contributed by atoms with Crippen molar-refractivity contribution in [3.8, 4) is 11.3 Å². The highest BCUT2D eigenvalue weighted by Crippen LogP contribution is 2.28. The van der Waals surface area contributed by atoms with E-state index in [0.29, 0.717) is 5.56 Å². The summed E-state index contributed by atoms with van der Waals surface area (Å²) in [7, 11) is 0. The third-order valence-electron chi connectivity index (χ3n) is 6.00. The zero-order chi connectivity index (χ0) is 21.2. The number of hydrogen-bond donors (Lipinski definition) is 2. The molecule has 0 aliphatic heterocycles. The van der Waals surface area contributed by atoms with Gasteiger partial charge in [0.05, 0.1) is 11.7 Å². The lowest BCUT2D eigenvalue weighted by molar-refractivity contribution is 0.0921. The molecule has 5 rings (SSSR count). The molecule has 156 valence electrons. The van der Waals surface area contributed by atoms with Crippen molar-refractivity contribution in [2.45, 2.75) is 37.8 Å². The molecule has 1 saturated carbocycles. The van der Waals surface area contributed by atoms with E-state index in [1.807, 2.05) is 42.6 Å². The monoisotopic (exact) mass is 413 g/mol. The summed E-state index contributed by atoms with van der Waals surface area (Å²) < 4.78 is 1.60. The van der Waals surface area contributed by atoms with E-state index in [1.165, 1.54) is 0 Å². The molecule has 3 aromatic heterocycles. The van der Waals surface area contributed by atoms with E-state index in [2.05, 4.69) is 20.4 Å². The predicted octanol–water partition coefficient (Wildman–Crippen LogP) is 3.70. The molecular weight excluding hydrogens is 390 g/mol. The van der Waals surface area contributed by atoms with Crippen LogP contribution in [0, 0.1) is 0 Å². The van der Waals surface area contributed by atoms with Crippen LogP contribution in [0.3, 0.4) is 0 Å². The van der Waals surface area contributed by atoms with E-state index in [9.17, 15) is 9.59 Å². The average molecular weight is 413 g/mol. The molecule has 1 amide bonds. The number of rotatable bonds is 4. The fourth-order valence-corrected chi connectivity index (χ4v) is 4.29. The quantitative estimate of drug-likeness (QED) is 0.534. The number of pyridine rings is 1. The van der Waals surface area contributed by atoms with Gasteiger partial charge >= 0.3 is 0 Å². The predicted molar refractivity (Wildman–Crippen MR) is 119 cm³/mol. The van der Waals surface area contributed by atoms with Gasteiger partial charge in [-0.3, -0.25) is 14.6 Å². The normalized spacial score (nSPS) is 18.7. The Morgan fingerprint density at radius 1 is 1.00 bits per heavy atom. The van der Waals surface area contributed by atoms with Gasteiger partial charge in [-0.1, -0.05) is 6.07 Å². The van der Waals surface area contributed by atoms with E-state index in [4.69, 9.17) is 0 Å². The smallest absolute Gasteiger partial charge is 0.267 e. The number of carbonyl (C=O) groups excluding carboxylic acids is 1. The first-order valence-corrected chi connectivity index (χ1v) is 10.6. The van der Waals surface area contributed by atoms with Gasteiger partial charge in [-0.15, -0.1) is 0 Å². The lowest BCUT2D eigenvalue weighted by Crippen LogP contribution is -2.39. The summed E-state index contributed by atoms with van der Waals surface area (Å²) in [4.78, 5) is 32.3. The number of carbonyl (C=O) groups is 1. The first-order valence-electron chi connectivity index (χ1n) is 10.6. The molecule has 0 saturated heterocycles. The molecule has 0 bridgehead atoms. The second-order valence-electron chi connectivity index (χ2n) is 8.00. The van der Waals surface area contributed by atoms with E-state index >= 15 is 0 Å². The van der Waals surface area contributed by atoms with Crippen LogP contribution in [0.15, 0.2) is 71.9 Å². The minimum atomic E-state index is -0.0930. The zero-order valence-electron chi connectivity index (χ0n) is 17.0. The van der Waals surface area contributed by atoms with Crippen molar-refractivity contribution >= 4 is 16.8 Å². The van der Waals surface area contributed by atoms with Crippen molar-refractivity contribution in [3.05, 3.63) is 83.0 Å². The fourth-order valence-electron chi connectivity index (χ4n) is 4.29. The highest BCUT2D eigenvalue weighted by molar-refractivity contribution is 5.98. The number of benzene rings is 1. The van der Waals surface area contributed by atoms with Crippen LogP contribution in [0.25, 0.3) is 22.2 Å². The number of hydrogen-bond acceptors (Lipinski definition) is 4. The molecule has 0 spiro atoms. The Morgan fingerprint density at radius 3 is 2.61 bits per heavy atom. The number of H-pyrrole nitrogens is 1. The maximum absolute atomic E-state index is 12.7.